The van der Waals surface area contributed by atoms with Gasteiger partial charge in [-0.3, -0.25) is 4.79 Å². The van der Waals surface area contributed by atoms with Crippen LogP contribution in [0, 0.1) is 0 Å². The Balaban J connectivity index is 2.44. The summed E-state index contributed by atoms with van der Waals surface area (Å²) < 4.78 is 26.4. The molecule has 1 aromatic rings. The molecule has 5 nitrogen and oxygen atoms in total. The second-order valence-corrected chi connectivity index (χ2v) is 8.35. The Morgan fingerprint density at radius 3 is 2.62 bits per heavy atom. The van der Waals surface area contributed by atoms with E-state index in [2.05, 4.69) is 5.32 Å². The highest BCUT2D eigenvalue weighted by molar-refractivity contribution is 8.00. The van der Waals surface area contributed by atoms with Gasteiger partial charge in [0.2, 0.25) is 15.9 Å². The van der Waals surface area contributed by atoms with Gasteiger partial charge in [-0.1, -0.05) is 20.8 Å². The number of sulfonamides is 1. The highest BCUT2D eigenvalue weighted by Gasteiger charge is 2.25. The van der Waals surface area contributed by atoms with Crippen LogP contribution in [0.4, 0.5) is 5.69 Å². The molecule has 1 N–H and O–H groups in total. The fourth-order valence-corrected chi connectivity index (χ4v) is 4.84. The molecule has 1 unspecified atom stereocenters. The number of hydrogen-bond acceptors (Lipinski definition) is 4. The zero-order valence-electron chi connectivity index (χ0n) is 12.4. The van der Waals surface area contributed by atoms with Gasteiger partial charge in [0.05, 0.1) is 10.6 Å². The maximum Gasteiger partial charge on any atom is 0.243 e. The lowest BCUT2D eigenvalue weighted by molar-refractivity contribution is -0.116. The number of hydrogen-bond donors (Lipinski definition) is 1. The first-order valence-electron chi connectivity index (χ1n) is 6.99. The summed E-state index contributed by atoms with van der Waals surface area (Å²) >= 11 is 1.58. The lowest BCUT2D eigenvalue weighted by Crippen LogP contribution is -2.30. The number of anilines is 1. The molecule has 1 amide bonds. The Kier molecular flexibility index (Phi) is 4.95. The van der Waals surface area contributed by atoms with E-state index < -0.39 is 10.0 Å². The van der Waals surface area contributed by atoms with Crippen LogP contribution in [-0.4, -0.2) is 37.0 Å². The van der Waals surface area contributed by atoms with Crippen molar-refractivity contribution in [1.82, 2.24) is 4.31 Å². The van der Waals surface area contributed by atoms with Crippen molar-refractivity contribution in [2.24, 2.45) is 0 Å². The lowest BCUT2D eigenvalue weighted by Gasteiger charge is -2.19. The van der Waals surface area contributed by atoms with Gasteiger partial charge in [-0.15, -0.1) is 11.8 Å². The van der Waals surface area contributed by atoms with E-state index in [1.165, 1.54) is 4.31 Å². The summed E-state index contributed by atoms with van der Waals surface area (Å²) in [5.74, 6) is -0.0777. The second kappa shape index (κ2) is 6.37. The Morgan fingerprint density at radius 1 is 1.33 bits per heavy atom. The minimum absolute atomic E-state index is 0.0777. The molecule has 0 saturated heterocycles. The topological polar surface area (TPSA) is 66.5 Å². The van der Waals surface area contributed by atoms with Crippen LogP contribution in [-0.2, 0) is 14.8 Å². The number of thioether (sulfide) groups is 1. The van der Waals surface area contributed by atoms with Crippen LogP contribution in [0.3, 0.4) is 0 Å². The molecule has 2 rings (SSSR count). The van der Waals surface area contributed by atoms with Crippen molar-refractivity contribution in [3.8, 4) is 0 Å². The van der Waals surface area contributed by atoms with Crippen molar-refractivity contribution in [2.75, 3.05) is 18.4 Å². The van der Waals surface area contributed by atoms with Gasteiger partial charge < -0.3 is 5.32 Å². The van der Waals surface area contributed by atoms with E-state index in [4.69, 9.17) is 0 Å². The van der Waals surface area contributed by atoms with Gasteiger partial charge in [-0.2, -0.15) is 4.31 Å². The van der Waals surface area contributed by atoms with Crippen LogP contribution in [0.1, 0.15) is 27.2 Å². The maximum absolute atomic E-state index is 12.5. The van der Waals surface area contributed by atoms with E-state index in [1.54, 1.807) is 30.0 Å². The van der Waals surface area contributed by atoms with Gasteiger partial charge in [0, 0.05) is 29.7 Å². The van der Waals surface area contributed by atoms with Crippen molar-refractivity contribution in [2.45, 2.75) is 42.2 Å². The minimum Gasteiger partial charge on any atom is -0.325 e. The highest BCUT2D eigenvalue weighted by atomic mass is 32.2. The number of carbonyl (C=O) groups excluding carboxylic acids is 1. The Bertz CT molecular complexity index is 640. The largest absolute Gasteiger partial charge is 0.325 e. The molecule has 1 aliphatic rings. The third kappa shape index (κ3) is 3.41. The van der Waals surface area contributed by atoms with Gasteiger partial charge in [0.25, 0.3) is 0 Å². The summed E-state index contributed by atoms with van der Waals surface area (Å²) in [7, 11) is -3.50. The first-order valence-corrected chi connectivity index (χ1v) is 9.31. The molecule has 116 valence electrons. The first-order chi connectivity index (χ1) is 9.88. The molecule has 21 heavy (non-hydrogen) atoms. The van der Waals surface area contributed by atoms with Gasteiger partial charge >= 0.3 is 0 Å². The number of carbonyl (C=O) groups is 1. The summed E-state index contributed by atoms with van der Waals surface area (Å²) in [6.45, 7) is 6.45. The van der Waals surface area contributed by atoms with E-state index in [-0.39, 0.29) is 16.1 Å². The van der Waals surface area contributed by atoms with Crippen molar-refractivity contribution in [3.63, 3.8) is 0 Å². The van der Waals surface area contributed by atoms with E-state index >= 15 is 0 Å². The zero-order chi connectivity index (χ0) is 15.6. The monoisotopic (exact) mass is 328 g/mol. The SMILES string of the molecule is CCN(CC)S(=O)(=O)c1ccc2c(c1)NC(=O)CC(C)S2. The summed E-state index contributed by atoms with van der Waals surface area (Å²) in [6, 6.07) is 4.95. The molecular weight excluding hydrogens is 308 g/mol. The standard InChI is InChI=1S/C14H20N2O3S2/c1-4-16(5-2)21(18,19)11-6-7-13-12(9-11)15-14(17)8-10(3)20-13/h6-7,9-10H,4-5,8H2,1-3H3,(H,15,17). The first kappa shape index (κ1) is 16.3. The average Bonchev–Trinajstić information content (AvgIpc) is 2.55. The minimum atomic E-state index is -3.50. The van der Waals surface area contributed by atoms with E-state index in [9.17, 15) is 13.2 Å². The number of nitrogens with zero attached hydrogens (tertiary/aromatic N) is 1. The smallest absolute Gasteiger partial charge is 0.243 e. The van der Waals surface area contributed by atoms with Crippen LogP contribution < -0.4 is 5.32 Å². The van der Waals surface area contributed by atoms with Gasteiger partial charge in [-0.05, 0) is 18.2 Å². The van der Waals surface area contributed by atoms with Crippen molar-refractivity contribution in [3.05, 3.63) is 18.2 Å². The molecule has 1 aromatic carbocycles. The Morgan fingerprint density at radius 2 is 2.00 bits per heavy atom. The molecule has 0 aliphatic carbocycles. The third-order valence-electron chi connectivity index (χ3n) is 3.37. The second-order valence-electron chi connectivity index (χ2n) is 4.93. The molecular formula is C14H20N2O3S2. The fourth-order valence-electron chi connectivity index (χ4n) is 2.30. The number of benzene rings is 1. The Labute approximate surface area is 130 Å². The van der Waals surface area contributed by atoms with Gasteiger partial charge in [-0.25, -0.2) is 8.42 Å². The van der Waals surface area contributed by atoms with Crippen LogP contribution >= 0.6 is 11.8 Å². The van der Waals surface area contributed by atoms with Crippen molar-refractivity contribution < 1.29 is 13.2 Å². The molecule has 0 fully saturated rings. The molecule has 0 bridgehead atoms. The molecule has 0 saturated carbocycles. The van der Waals surface area contributed by atoms with E-state index in [0.29, 0.717) is 25.2 Å². The van der Waals surface area contributed by atoms with Crippen molar-refractivity contribution >= 4 is 33.4 Å². The van der Waals surface area contributed by atoms with E-state index in [0.717, 1.165) is 4.90 Å². The van der Waals surface area contributed by atoms with Crippen molar-refractivity contribution in [1.29, 1.82) is 0 Å². The number of fused-ring (bicyclic) bond motifs is 1. The normalized spacial score (nSPS) is 19.0. The van der Waals surface area contributed by atoms with Gasteiger partial charge in [0.15, 0.2) is 0 Å². The highest BCUT2D eigenvalue weighted by Crippen LogP contribution is 2.36. The maximum atomic E-state index is 12.5. The fraction of sp³-hybridized carbons (Fsp3) is 0.500. The molecule has 1 atom stereocenters. The van der Waals surface area contributed by atoms with Crippen LogP contribution in [0.15, 0.2) is 28.0 Å². The van der Waals surface area contributed by atoms with Crippen LogP contribution in [0.25, 0.3) is 0 Å². The predicted molar refractivity (Wildman–Crippen MR) is 85.1 cm³/mol. The number of amides is 1. The zero-order valence-corrected chi connectivity index (χ0v) is 14.1. The summed E-state index contributed by atoms with van der Waals surface area (Å²) in [5, 5.41) is 2.97. The summed E-state index contributed by atoms with van der Waals surface area (Å²) in [5.41, 5.74) is 0.586. The predicted octanol–water partition coefficient (Wildman–Crippen LogP) is 2.54. The quantitative estimate of drug-likeness (QED) is 0.922. The van der Waals surface area contributed by atoms with Crippen LogP contribution in [0.2, 0.25) is 0 Å². The molecule has 1 aliphatic heterocycles. The van der Waals surface area contributed by atoms with Gasteiger partial charge in [0.1, 0.15) is 0 Å². The molecule has 0 radical (unpaired) electrons. The molecule has 0 aromatic heterocycles. The van der Waals surface area contributed by atoms with Crippen LogP contribution in [0.5, 0.6) is 0 Å². The average molecular weight is 328 g/mol. The molecule has 7 heteroatoms. The number of nitrogens with one attached hydrogen (secondary N) is 1. The summed E-state index contributed by atoms with van der Waals surface area (Å²) in [4.78, 5) is 12.9. The molecule has 0 spiro atoms. The molecule has 1 heterocycles. The van der Waals surface area contributed by atoms with E-state index in [1.807, 2.05) is 20.8 Å². The number of rotatable bonds is 4. The third-order valence-corrected chi connectivity index (χ3v) is 6.59. The summed E-state index contributed by atoms with van der Waals surface area (Å²) in [6.07, 6.45) is 0.428. The lowest BCUT2D eigenvalue weighted by atomic mass is 10.3. The Hall–Kier alpha value is -1.05.